The molecular formula is C13H16FNO2. The molecule has 0 bridgehead atoms. The Balaban J connectivity index is 3.10. The fourth-order valence-corrected chi connectivity index (χ4v) is 1.77. The summed E-state index contributed by atoms with van der Waals surface area (Å²) < 4.78 is 18.3. The Labute approximate surface area is 100 Å². The van der Waals surface area contributed by atoms with Crippen LogP contribution in [0.15, 0.2) is 18.2 Å². The minimum Gasteiger partial charge on any atom is -0.496 e. The first-order valence-electron chi connectivity index (χ1n) is 5.55. The van der Waals surface area contributed by atoms with Crippen LogP contribution in [0.4, 0.5) is 4.39 Å². The van der Waals surface area contributed by atoms with Crippen LogP contribution in [0.5, 0.6) is 5.75 Å². The van der Waals surface area contributed by atoms with E-state index in [9.17, 15) is 9.50 Å². The molecule has 2 atom stereocenters. The Morgan fingerprint density at radius 1 is 1.53 bits per heavy atom. The molecule has 92 valence electrons. The fraction of sp³-hybridized carbons (Fsp3) is 0.462. The normalized spacial score (nSPS) is 13.8. The zero-order valence-corrected chi connectivity index (χ0v) is 9.98. The zero-order chi connectivity index (χ0) is 12.8. The molecular weight excluding hydrogens is 221 g/mol. The van der Waals surface area contributed by atoms with E-state index in [1.807, 2.05) is 13.0 Å². The molecule has 0 heterocycles. The fourth-order valence-electron chi connectivity index (χ4n) is 1.77. The average molecular weight is 237 g/mol. The summed E-state index contributed by atoms with van der Waals surface area (Å²) in [5, 5.41) is 19.0. The van der Waals surface area contributed by atoms with Crippen molar-refractivity contribution in [1.82, 2.24) is 0 Å². The lowest BCUT2D eigenvalue weighted by atomic mass is 9.91. The number of rotatable bonds is 5. The largest absolute Gasteiger partial charge is 0.496 e. The van der Waals surface area contributed by atoms with Crippen LogP contribution in [0.2, 0.25) is 0 Å². The number of benzene rings is 1. The van der Waals surface area contributed by atoms with Gasteiger partial charge in [-0.3, -0.25) is 0 Å². The summed E-state index contributed by atoms with van der Waals surface area (Å²) in [5.74, 6) is -0.779. The number of hydrogen-bond acceptors (Lipinski definition) is 3. The summed E-state index contributed by atoms with van der Waals surface area (Å²) in [5.41, 5.74) is 0.399. The highest BCUT2D eigenvalue weighted by Crippen LogP contribution is 2.30. The van der Waals surface area contributed by atoms with Crippen molar-refractivity contribution in [3.05, 3.63) is 29.6 Å². The highest BCUT2D eigenvalue weighted by atomic mass is 19.1. The lowest BCUT2D eigenvalue weighted by Gasteiger charge is -2.18. The van der Waals surface area contributed by atoms with E-state index >= 15 is 0 Å². The van der Waals surface area contributed by atoms with Crippen molar-refractivity contribution in [2.75, 3.05) is 7.11 Å². The molecule has 0 aliphatic heterocycles. The first-order valence-corrected chi connectivity index (χ1v) is 5.55. The van der Waals surface area contributed by atoms with Gasteiger partial charge in [0.25, 0.3) is 0 Å². The molecule has 0 fully saturated rings. The molecule has 17 heavy (non-hydrogen) atoms. The number of halogens is 1. The van der Waals surface area contributed by atoms with E-state index in [0.717, 1.165) is 6.42 Å². The summed E-state index contributed by atoms with van der Waals surface area (Å²) in [6.07, 6.45) is 0.454. The van der Waals surface area contributed by atoms with Gasteiger partial charge in [-0.25, -0.2) is 4.39 Å². The number of aliphatic hydroxyl groups excluding tert-OH is 1. The SMILES string of the molecule is CCCC(O)C(C#N)c1cc(F)ccc1OC. The van der Waals surface area contributed by atoms with Crippen molar-refractivity contribution in [2.24, 2.45) is 0 Å². The van der Waals surface area contributed by atoms with Gasteiger partial charge in [-0.05, 0) is 24.6 Å². The number of nitriles is 1. The van der Waals surface area contributed by atoms with Gasteiger partial charge < -0.3 is 9.84 Å². The third-order valence-electron chi connectivity index (χ3n) is 2.64. The van der Waals surface area contributed by atoms with Crippen LogP contribution < -0.4 is 4.74 Å². The summed E-state index contributed by atoms with van der Waals surface area (Å²) in [7, 11) is 1.46. The number of aliphatic hydroxyl groups is 1. The lowest BCUT2D eigenvalue weighted by Crippen LogP contribution is -2.17. The van der Waals surface area contributed by atoms with Crippen LogP contribution in [0, 0.1) is 17.1 Å². The van der Waals surface area contributed by atoms with Crippen molar-refractivity contribution in [3.63, 3.8) is 0 Å². The molecule has 0 saturated carbocycles. The molecule has 1 rings (SSSR count). The Morgan fingerprint density at radius 2 is 2.24 bits per heavy atom. The quantitative estimate of drug-likeness (QED) is 0.856. The van der Waals surface area contributed by atoms with Crippen LogP contribution in [-0.2, 0) is 0 Å². The molecule has 0 aliphatic carbocycles. The molecule has 0 saturated heterocycles. The highest BCUT2D eigenvalue weighted by molar-refractivity contribution is 5.40. The monoisotopic (exact) mass is 237 g/mol. The highest BCUT2D eigenvalue weighted by Gasteiger charge is 2.23. The van der Waals surface area contributed by atoms with Crippen molar-refractivity contribution in [2.45, 2.75) is 31.8 Å². The molecule has 1 aromatic carbocycles. The molecule has 0 spiro atoms. The summed E-state index contributed by atoms with van der Waals surface area (Å²) in [4.78, 5) is 0. The molecule has 0 amide bonds. The van der Waals surface area contributed by atoms with E-state index < -0.39 is 17.8 Å². The van der Waals surface area contributed by atoms with E-state index in [-0.39, 0.29) is 0 Å². The van der Waals surface area contributed by atoms with E-state index in [1.54, 1.807) is 0 Å². The first kappa shape index (κ1) is 13.5. The zero-order valence-electron chi connectivity index (χ0n) is 9.98. The van der Waals surface area contributed by atoms with Gasteiger partial charge in [-0.2, -0.15) is 5.26 Å². The summed E-state index contributed by atoms with van der Waals surface area (Å²) >= 11 is 0. The third kappa shape index (κ3) is 3.18. The minimum absolute atomic E-state index is 0.399. The average Bonchev–Trinajstić information content (AvgIpc) is 2.31. The topological polar surface area (TPSA) is 53.2 Å². The van der Waals surface area contributed by atoms with Crippen LogP contribution in [0.25, 0.3) is 0 Å². The van der Waals surface area contributed by atoms with Gasteiger partial charge in [0.15, 0.2) is 0 Å². The van der Waals surface area contributed by atoms with Gasteiger partial charge in [-0.15, -0.1) is 0 Å². The van der Waals surface area contributed by atoms with Crippen LogP contribution in [-0.4, -0.2) is 18.3 Å². The Morgan fingerprint density at radius 3 is 2.76 bits per heavy atom. The molecule has 4 heteroatoms. The maximum absolute atomic E-state index is 13.2. The van der Waals surface area contributed by atoms with Gasteiger partial charge in [-0.1, -0.05) is 13.3 Å². The third-order valence-corrected chi connectivity index (χ3v) is 2.64. The predicted octanol–water partition coefficient (Wildman–Crippen LogP) is 2.60. The number of nitrogens with zero attached hydrogens (tertiary/aromatic N) is 1. The second-order valence-corrected chi connectivity index (χ2v) is 3.85. The van der Waals surface area contributed by atoms with Gasteiger partial charge in [0.2, 0.25) is 0 Å². The van der Waals surface area contributed by atoms with Crippen molar-refractivity contribution in [1.29, 1.82) is 5.26 Å². The van der Waals surface area contributed by atoms with Gasteiger partial charge in [0.1, 0.15) is 17.5 Å². The van der Waals surface area contributed by atoms with Crippen LogP contribution >= 0.6 is 0 Å². The molecule has 2 unspecified atom stereocenters. The first-order chi connectivity index (χ1) is 8.13. The van der Waals surface area contributed by atoms with Crippen molar-refractivity contribution < 1.29 is 14.2 Å². The molecule has 0 aromatic heterocycles. The van der Waals surface area contributed by atoms with Crippen LogP contribution in [0.1, 0.15) is 31.2 Å². The molecule has 1 aromatic rings. The Kier molecular flexibility index (Phi) is 4.92. The Hall–Kier alpha value is -1.60. The predicted molar refractivity (Wildman–Crippen MR) is 62.2 cm³/mol. The van der Waals surface area contributed by atoms with Crippen molar-refractivity contribution >= 4 is 0 Å². The second-order valence-electron chi connectivity index (χ2n) is 3.85. The second kappa shape index (κ2) is 6.21. The maximum atomic E-state index is 13.2. The molecule has 0 radical (unpaired) electrons. The van der Waals surface area contributed by atoms with Gasteiger partial charge in [0.05, 0.1) is 19.3 Å². The standard InChI is InChI=1S/C13H16FNO2/c1-3-4-12(16)11(8-15)10-7-9(14)5-6-13(10)17-2/h5-7,11-12,16H,3-4H2,1-2H3. The van der Waals surface area contributed by atoms with E-state index in [4.69, 9.17) is 10.00 Å². The Bertz CT molecular complexity index is 414. The summed E-state index contributed by atoms with van der Waals surface area (Å²) in [6, 6.07) is 5.98. The minimum atomic E-state index is -0.805. The molecule has 0 aliphatic rings. The molecule has 1 N–H and O–H groups in total. The van der Waals surface area contributed by atoms with Crippen LogP contribution in [0.3, 0.4) is 0 Å². The van der Waals surface area contributed by atoms with Crippen molar-refractivity contribution in [3.8, 4) is 11.8 Å². The van der Waals surface area contributed by atoms with E-state index in [0.29, 0.717) is 17.7 Å². The maximum Gasteiger partial charge on any atom is 0.123 e. The lowest BCUT2D eigenvalue weighted by molar-refractivity contribution is 0.149. The molecule has 3 nitrogen and oxygen atoms in total. The number of methoxy groups -OCH3 is 1. The van der Waals surface area contributed by atoms with Gasteiger partial charge >= 0.3 is 0 Å². The number of hydrogen-bond donors (Lipinski definition) is 1. The van der Waals surface area contributed by atoms with Gasteiger partial charge in [0, 0.05) is 5.56 Å². The van der Waals surface area contributed by atoms with E-state index in [1.165, 1.54) is 25.3 Å². The van der Waals surface area contributed by atoms with E-state index in [2.05, 4.69) is 0 Å². The number of ether oxygens (including phenoxy) is 1. The summed E-state index contributed by atoms with van der Waals surface area (Å²) in [6.45, 7) is 1.92. The smallest absolute Gasteiger partial charge is 0.123 e.